The summed E-state index contributed by atoms with van der Waals surface area (Å²) in [5, 5.41) is 3.78. The molecule has 0 aliphatic carbocycles. The van der Waals surface area contributed by atoms with Crippen molar-refractivity contribution in [3.63, 3.8) is 0 Å². The average Bonchev–Trinajstić information content (AvgIpc) is 2.44. The van der Waals surface area contributed by atoms with Gasteiger partial charge in [0, 0.05) is 17.1 Å². The predicted octanol–water partition coefficient (Wildman–Crippen LogP) is 4.17. The first-order chi connectivity index (χ1) is 9.65. The minimum Gasteiger partial charge on any atom is -0.493 e. The Balaban J connectivity index is 2.37. The zero-order valence-corrected chi connectivity index (χ0v) is 12.6. The molecule has 0 saturated carbocycles. The van der Waals surface area contributed by atoms with Crippen molar-refractivity contribution in [1.29, 1.82) is 0 Å². The Morgan fingerprint density at radius 1 is 1.10 bits per heavy atom. The third kappa shape index (κ3) is 3.24. The number of rotatable bonds is 5. The Morgan fingerprint density at radius 3 is 2.60 bits per heavy atom. The summed E-state index contributed by atoms with van der Waals surface area (Å²) in [7, 11) is 3.51. The smallest absolute Gasteiger partial charge is 0.169 e. The van der Waals surface area contributed by atoms with E-state index in [1.54, 1.807) is 7.11 Å². The van der Waals surface area contributed by atoms with Crippen LogP contribution in [0.4, 0.5) is 0 Å². The summed E-state index contributed by atoms with van der Waals surface area (Å²) in [6, 6.07) is 11.5. The van der Waals surface area contributed by atoms with Crippen LogP contribution in [0, 0.1) is 6.92 Å². The molecule has 0 atom stereocenters. The molecule has 0 fully saturated rings. The lowest BCUT2D eigenvalue weighted by molar-refractivity contribution is 0.377. The second-order valence-electron chi connectivity index (χ2n) is 4.50. The third-order valence-corrected chi connectivity index (χ3v) is 3.32. The van der Waals surface area contributed by atoms with Crippen LogP contribution in [0.2, 0.25) is 5.02 Å². The van der Waals surface area contributed by atoms with Gasteiger partial charge in [-0.3, -0.25) is 0 Å². The van der Waals surface area contributed by atoms with Gasteiger partial charge in [0.15, 0.2) is 11.5 Å². The molecule has 0 aromatic heterocycles. The van der Waals surface area contributed by atoms with E-state index in [0.29, 0.717) is 23.1 Å². The highest BCUT2D eigenvalue weighted by atomic mass is 35.5. The number of nitrogens with one attached hydrogen (secondary N) is 1. The molecule has 0 spiro atoms. The van der Waals surface area contributed by atoms with Gasteiger partial charge in [0.25, 0.3) is 0 Å². The largest absolute Gasteiger partial charge is 0.493 e. The molecule has 2 rings (SSSR count). The third-order valence-electron chi connectivity index (χ3n) is 2.97. The highest BCUT2D eigenvalue weighted by molar-refractivity contribution is 6.31. The minimum atomic E-state index is 0.642. The summed E-state index contributed by atoms with van der Waals surface area (Å²) in [5.41, 5.74) is 2.05. The molecule has 0 amide bonds. The fraction of sp³-hybridized carbons (Fsp3) is 0.250. The maximum Gasteiger partial charge on any atom is 0.169 e. The molecule has 1 N–H and O–H groups in total. The monoisotopic (exact) mass is 291 g/mol. The Kier molecular flexibility index (Phi) is 4.88. The Morgan fingerprint density at radius 2 is 1.90 bits per heavy atom. The summed E-state index contributed by atoms with van der Waals surface area (Å²) in [5.74, 6) is 2.12. The van der Waals surface area contributed by atoms with Crippen LogP contribution >= 0.6 is 11.6 Å². The second kappa shape index (κ2) is 6.64. The van der Waals surface area contributed by atoms with Crippen LogP contribution in [0.25, 0.3) is 0 Å². The summed E-state index contributed by atoms with van der Waals surface area (Å²) in [6.07, 6.45) is 0. The van der Waals surface area contributed by atoms with Gasteiger partial charge in [-0.1, -0.05) is 23.7 Å². The van der Waals surface area contributed by atoms with E-state index < -0.39 is 0 Å². The molecule has 0 aliphatic rings. The van der Waals surface area contributed by atoms with E-state index in [9.17, 15) is 0 Å². The van der Waals surface area contributed by atoms with Crippen LogP contribution in [-0.4, -0.2) is 14.2 Å². The number of aryl methyl sites for hydroxylation is 1. The molecule has 0 unspecified atom stereocenters. The first kappa shape index (κ1) is 14.7. The van der Waals surface area contributed by atoms with Crippen LogP contribution in [0.1, 0.15) is 11.1 Å². The van der Waals surface area contributed by atoms with Crippen molar-refractivity contribution in [3.05, 3.63) is 52.5 Å². The molecule has 4 heteroatoms. The summed E-state index contributed by atoms with van der Waals surface area (Å²) >= 11 is 6.22. The van der Waals surface area contributed by atoms with Gasteiger partial charge in [-0.2, -0.15) is 0 Å². The van der Waals surface area contributed by atoms with Gasteiger partial charge in [0.05, 0.1) is 7.11 Å². The molecule has 0 bridgehead atoms. The van der Waals surface area contributed by atoms with E-state index in [0.717, 1.165) is 16.9 Å². The summed E-state index contributed by atoms with van der Waals surface area (Å²) in [6.45, 7) is 2.65. The van der Waals surface area contributed by atoms with E-state index in [1.807, 2.05) is 50.4 Å². The first-order valence-corrected chi connectivity index (χ1v) is 6.78. The van der Waals surface area contributed by atoms with Crippen LogP contribution in [-0.2, 0) is 6.54 Å². The topological polar surface area (TPSA) is 30.5 Å². The second-order valence-corrected chi connectivity index (χ2v) is 4.91. The van der Waals surface area contributed by atoms with Crippen molar-refractivity contribution in [2.45, 2.75) is 13.5 Å². The molecule has 2 aromatic rings. The van der Waals surface area contributed by atoms with E-state index >= 15 is 0 Å². The van der Waals surface area contributed by atoms with Crippen molar-refractivity contribution in [2.24, 2.45) is 0 Å². The maximum atomic E-state index is 6.22. The van der Waals surface area contributed by atoms with Crippen molar-refractivity contribution in [2.75, 3.05) is 14.2 Å². The molecule has 0 heterocycles. The normalized spacial score (nSPS) is 10.4. The number of hydrogen-bond acceptors (Lipinski definition) is 3. The molecular formula is C16H18ClNO2. The standard InChI is InChI=1S/C16H18ClNO2/c1-11-7-8-15(16(9-11)19-3)20-14-6-4-5-13(17)12(14)10-18-2/h4-9,18H,10H2,1-3H3. The molecular weight excluding hydrogens is 274 g/mol. The van der Waals surface area contributed by atoms with Crippen LogP contribution in [0.5, 0.6) is 17.2 Å². The lowest BCUT2D eigenvalue weighted by Gasteiger charge is -2.15. The van der Waals surface area contributed by atoms with E-state index in [1.165, 1.54) is 0 Å². The summed E-state index contributed by atoms with van der Waals surface area (Å²) in [4.78, 5) is 0. The first-order valence-electron chi connectivity index (χ1n) is 6.40. The highest BCUT2D eigenvalue weighted by Gasteiger charge is 2.11. The molecule has 2 aromatic carbocycles. The van der Waals surface area contributed by atoms with E-state index in [-0.39, 0.29) is 0 Å². The van der Waals surface area contributed by atoms with Gasteiger partial charge in [0.1, 0.15) is 5.75 Å². The lowest BCUT2D eigenvalue weighted by atomic mass is 10.2. The minimum absolute atomic E-state index is 0.642. The van der Waals surface area contributed by atoms with Crippen molar-refractivity contribution in [3.8, 4) is 17.2 Å². The molecule has 106 valence electrons. The van der Waals surface area contributed by atoms with Gasteiger partial charge in [0.2, 0.25) is 0 Å². The quantitative estimate of drug-likeness (QED) is 0.897. The van der Waals surface area contributed by atoms with Gasteiger partial charge in [-0.05, 0) is 43.8 Å². The van der Waals surface area contributed by atoms with Gasteiger partial charge in [-0.15, -0.1) is 0 Å². The molecule has 0 radical (unpaired) electrons. The van der Waals surface area contributed by atoms with Crippen molar-refractivity contribution in [1.82, 2.24) is 5.32 Å². The number of hydrogen-bond donors (Lipinski definition) is 1. The lowest BCUT2D eigenvalue weighted by Crippen LogP contribution is -2.07. The molecule has 20 heavy (non-hydrogen) atoms. The zero-order valence-electron chi connectivity index (χ0n) is 11.9. The zero-order chi connectivity index (χ0) is 14.5. The van der Waals surface area contributed by atoms with Crippen LogP contribution in [0.15, 0.2) is 36.4 Å². The van der Waals surface area contributed by atoms with Crippen LogP contribution in [0.3, 0.4) is 0 Å². The predicted molar refractivity (Wildman–Crippen MR) is 82.0 cm³/mol. The molecule has 0 aliphatic heterocycles. The van der Waals surface area contributed by atoms with Crippen molar-refractivity contribution >= 4 is 11.6 Å². The maximum absolute atomic E-state index is 6.22. The highest BCUT2D eigenvalue weighted by Crippen LogP contribution is 2.35. The fourth-order valence-electron chi connectivity index (χ4n) is 1.96. The average molecular weight is 292 g/mol. The van der Waals surface area contributed by atoms with E-state index in [4.69, 9.17) is 21.1 Å². The van der Waals surface area contributed by atoms with E-state index in [2.05, 4.69) is 5.32 Å². The Hall–Kier alpha value is -1.71. The Bertz CT molecular complexity index is 599. The van der Waals surface area contributed by atoms with Gasteiger partial charge in [-0.25, -0.2) is 0 Å². The SMILES string of the molecule is CNCc1c(Cl)cccc1Oc1ccc(C)cc1OC. The van der Waals surface area contributed by atoms with Crippen molar-refractivity contribution < 1.29 is 9.47 Å². The Labute approximate surface area is 124 Å². The molecule has 3 nitrogen and oxygen atoms in total. The molecule has 0 saturated heterocycles. The summed E-state index contributed by atoms with van der Waals surface area (Å²) < 4.78 is 11.3. The fourth-order valence-corrected chi connectivity index (χ4v) is 2.19. The number of methoxy groups -OCH3 is 1. The van der Waals surface area contributed by atoms with Gasteiger partial charge >= 0.3 is 0 Å². The van der Waals surface area contributed by atoms with Gasteiger partial charge < -0.3 is 14.8 Å². The number of benzene rings is 2. The number of halogens is 1. The van der Waals surface area contributed by atoms with Crippen LogP contribution < -0.4 is 14.8 Å². The number of ether oxygens (including phenoxy) is 2.